The van der Waals surface area contributed by atoms with Gasteiger partial charge in [-0.15, -0.1) is 11.3 Å². The van der Waals surface area contributed by atoms with E-state index < -0.39 is 0 Å². The molecule has 1 heterocycles. The summed E-state index contributed by atoms with van der Waals surface area (Å²) in [6.45, 7) is 0. The molecule has 0 aliphatic rings. The molecule has 1 aromatic heterocycles. The summed E-state index contributed by atoms with van der Waals surface area (Å²) in [5.41, 5.74) is 7.11. The zero-order valence-corrected chi connectivity index (χ0v) is 18.5. The van der Waals surface area contributed by atoms with Crippen molar-refractivity contribution >= 4 is 40.6 Å². The lowest BCUT2D eigenvalue weighted by Crippen LogP contribution is -2.09. The highest BCUT2D eigenvalue weighted by Crippen LogP contribution is 2.34. The molecule has 4 aromatic carbocycles. The largest absolute Gasteiger partial charge is 0.311 e. The fourth-order valence-electron chi connectivity index (χ4n) is 3.72. The number of hydrogen-bond acceptors (Lipinski definition) is 2. The minimum absolute atomic E-state index is 1.14. The van der Waals surface area contributed by atoms with Crippen LogP contribution in [0.1, 0.15) is 11.1 Å². The van der Waals surface area contributed by atoms with Gasteiger partial charge in [-0.25, -0.2) is 0 Å². The topological polar surface area (TPSA) is 3.24 Å². The monoisotopic (exact) mass is 429 g/mol. The maximum atomic E-state index is 2.28. The van der Waals surface area contributed by atoms with Crippen molar-refractivity contribution in [3.63, 3.8) is 0 Å². The first-order valence-electron chi connectivity index (χ1n) is 10.7. The summed E-state index contributed by atoms with van der Waals surface area (Å²) in [6, 6.07) is 42.5. The van der Waals surface area contributed by atoms with Crippen LogP contribution in [0.15, 0.2) is 127 Å². The van der Waals surface area contributed by atoms with Gasteiger partial charge in [0.2, 0.25) is 0 Å². The Morgan fingerprint density at radius 3 is 1.59 bits per heavy atom. The van der Waals surface area contributed by atoms with Crippen LogP contribution in [0, 0.1) is 0 Å². The molecule has 0 aliphatic heterocycles. The van der Waals surface area contributed by atoms with Gasteiger partial charge in [0.05, 0.1) is 0 Å². The average molecular weight is 430 g/mol. The van der Waals surface area contributed by atoms with Crippen LogP contribution in [-0.4, -0.2) is 0 Å². The van der Waals surface area contributed by atoms with Gasteiger partial charge in [-0.1, -0.05) is 91.0 Å². The van der Waals surface area contributed by atoms with Crippen LogP contribution in [0.5, 0.6) is 0 Å². The van der Waals surface area contributed by atoms with Crippen LogP contribution >= 0.6 is 11.3 Å². The molecule has 1 nitrogen and oxygen atoms in total. The Kier molecular flexibility index (Phi) is 5.95. The Morgan fingerprint density at radius 1 is 0.500 bits per heavy atom. The molecular formula is C30H23NS. The van der Waals surface area contributed by atoms with Gasteiger partial charge in [0.15, 0.2) is 0 Å². The summed E-state index contributed by atoms with van der Waals surface area (Å²) in [7, 11) is 0. The van der Waals surface area contributed by atoms with Crippen LogP contribution in [0.2, 0.25) is 0 Å². The smallest absolute Gasteiger partial charge is 0.0462 e. The van der Waals surface area contributed by atoms with Crippen LogP contribution in [0.25, 0.3) is 22.6 Å². The van der Waals surface area contributed by atoms with Crippen LogP contribution in [0.3, 0.4) is 0 Å². The van der Waals surface area contributed by atoms with E-state index in [1.54, 1.807) is 11.3 Å². The first kappa shape index (κ1) is 20.0. The molecule has 5 aromatic rings. The van der Waals surface area contributed by atoms with Crippen molar-refractivity contribution in [2.24, 2.45) is 0 Å². The predicted octanol–water partition coefficient (Wildman–Crippen LogP) is 9.06. The Balaban J connectivity index is 1.38. The van der Waals surface area contributed by atoms with Crippen molar-refractivity contribution in [1.29, 1.82) is 0 Å². The fraction of sp³-hybridized carbons (Fsp3) is 0. The Hall–Kier alpha value is -3.88. The summed E-state index contributed by atoms with van der Waals surface area (Å²) in [5.74, 6) is 0. The van der Waals surface area contributed by atoms with E-state index in [4.69, 9.17) is 0 Å². The SMILES string of the molecule is C(=Cc1csc(-c2ccccc2)c1)c1ccc(N(c2ccccc2)c2ccccc2)cc1. The van der Waals surface area contributed by atoms with Gasteiger partial charge >= 0.3 is 0 Å². The molecule has 0 atom stereocenters. The third-order valence-corrected chi connectivity index (χ3v) is 6.32. The highest BCUT2D eigenvalue weighted by atomic mass is 32.1. The summed E-state index contributed by atoms with van der Waals surface area (Å²) in [6.07, 6.45) is 4.36. The number of benzene rings is 4. The van der Waals surface area contributed by atoms with Gasteiger partial charge in [-0.2, -0.15) is 0 Å². The summed E-state index contributed by atoms with van der Waals surface area (Å²) >= 11 is 1.78. The first-order valence-corrected chi connectivity index (χ1v) is 11.6. The highest BCUT2D eigenvalue weighted by Gasteiger charge is 2.11. The van der Waals surface area contributed by atoms with E-state index >= 15 is 0 Å². The second-order valence-electron chi connectivity index (χ2n) is 7.54. The molecule has 0 unspecified atom stereocenters. The lowest BCUT2D eigenvalue weighted by Gasteiger charge is -2.25. The van der Waals surface area contributed by atoms with Crippen molar-refractivity contribution in [3.05, 3.63) is 138 Å². The fourth-order valence-corrected chi connectivity index (χ4v) is 4.61. The van der Waals surface area contributed by atoms with E-state index in [-0.39, 0.29) is 0 Å². The maximum absolute atomic E-state index is 2.28. The third-order valence-electron chi connectivity index (χ3n) is 5.33. The molecule has 0 N–H and O–H groups in total. The minimum atomic E-state index is 1.14. The number of thiophene rings is 1. The van der Waals surface area contributed by atoms with Gasteiger partial charge in [0, 0.05) is 21.9 Å². The quantitative estimate of drug-likeness (QED) is 0.260. The highest BCUT2D eigenvalue weighted by molar-refractivity contribution is 7.13. The molecule has 154 valence electrons. The maximum Gasteiger partial charge on any atom is 0.0462 e. The first-order chi connectivity index (χ1) is 15.9. The number of hydrogen-bond donors (Lipinski definition) is 0. The predicted molar refractivity (Wildman–Crippen MR) is 140 cm³/mol. The second-order valence-corrected chi connectivity index (χ2v) is 8.45. The molecule has 0 amide bonds. The molecule has 0 radical (unpaired) electrons. The number of anilines is 3. The van der Waals surface area contributed by atoms with Gasteiger partial charge in [0.1, 0.15) is 0 Å². The summed E-state index contributed by atoms with van der Waals surface area (Å²) < 4.78 is 0. The number of para-hydroxylation sites is 2. The Morgan fingerprint density at radius 2 is 1.00 bits per heavy atom. The average Bonchev–Trinajstić information content (AvgIpc) is 3.35. The molecule has 0 saturated carbocycles. The van der Waals surface area contributed by atoms with Crippen molar-refractivity contribution in [2.75, 3.05) is 4.90 Å². The van der Waals surface area contributed by atoms with Crippen LogP contribution in [-0.2, 0) is 0 Å². The lowest BCUT2D eigenvalue weighted by molar-refractivity contribution is 1.28. The van der Waals surface area contributed by atoms with Crippen LogP contribution in [0.4, 0.5) is 17.1 Å². The normalized spacial score (nSPS) is 11.0. The number of rotatable bonds is 6. The molecule has 0 spiro atoms. The minimum Gasteiger partial charge on any atom is -0.311 e. The molecule has 2 heteroatoms. The molecule has 32 heavy (non-hydrogen) atoms. The van der Waals surface area contributed by atoms with Crippen molar-refractivity contribution in [1.82, 2.24) is 0 Å². The van der Waals surface area contributed by atoms with Gasteiger partial charge < -0.3 is 4.90 Å². The summed E-state index contributed by atoms with van der Waals surface area (Å²) in [4.78, 5) is 3.57. The van der Waals surface area contributed by atoms with Crippen molar-refractivity contribution < 1.29 is 0 Å². The van der Waals surface area contributed by atoms with E-state index in [1.807, 2.05) is 12.1 Å². The van der Waals surface area contributed by atoms with Crippen LogP contribution < -0.4 is 4.90 Å². The zero-order valence-electron chi connectivity index (χ0n) is 17.6. The van der Waals surface area contributed by atoms with Gasteiger partial charge in [-0.05, 0) is 64.5 Å². The van der Waals surface area contributed by atoms with Crippen molar-refractivity contribution in [3.8, 4) is 10.4 Å². The standard InChI is InChI=1S/C30H23NS/c1-4-10-26(11-5-1)30-22-25(23-32-30)17-16-24-18-20-29(21-19-24)31(27-12-6-2-7-13-27)28-14-8-3-9-15-28/h1-23H. The van der Waals surface area contributed by atoms with Gasteiger partial charge in [-0.3, -0.25) is 0 Å². The van der Waals surface area contributed by atoms with E-state index in [0.717, 1.165) is 17.1 Å². The number of nitrogens with zero attached hydrogens (tertiary/aromatic N) is 1. The molecular weight excluding hydrogens is 406 g/mol. The van der Waals surface area contributed by atoms with Gasteiger partial charge in [0.25, 0.3) is 0 Å². The Bertz CT molecular complexity index is 1250. The molecule has 0 aliphatic carbocycles. The zero-order chi connectivity index (χ0) is 21.6. The van der Waals surface area contributed by atoms with E-state index in [9.17, 15) is 0 Å². The molecule has 0 fully saturated rings. The second kappa shape index (κ2) is 9.51. The molecule has 0 bridgehead atoms. The van der Waals surface area contributed by atoms with Crippen molar-refractivity contribution in [2.45, 2.75) is 0 Å². The lowest BCUT2D eigenvalue weighted by atomic mass is 10.1. The van der Waals surface area contributed by atoms with E-state index in [2.05, 4.69) is 132 Å². The third kappa shape index (κ3) is 4.56. The van der Waals surface area contributed by atoms with E-state index in [1.165, 1.54) is 21.6 Å². The summed E-state index contributed by atoms with van der Waals surface area (Å²) in [5, 5.41) is 2.21. The van der Waals surface area contributed by atoms with E-state index in [0.29, 0.717) is 0 Å². The molecule has 0 saturated heterocycles. The molecule has 5 rings (SSSR count). The Labute approximate surface area is 193 Å².